The van der Waals surface area contributed by atoms with Crippen molar-refractivity contribution < 1.29 is 33.4 Å². The average Bonchev–Trinajstić information content (AvgIpc) is 3.48. The number of benzene rings is 1. The van der Waals surface area contributed by atoms with E-state index in [2.05, 4.69) is 16.0 Å². The molecular weight excluding hydrogens is 494 g/mol. The summed E-state index contributed by atoms with van der Waals surface area (Å²) in [6.07, 6.45) is 0.383. The molecule has 2 fully saturated rings. The molecule has 0 aromatic heterocycles. The number of hydrogen-bond donors (Lipinski definition) is 3. The third kappa shape index (κ3) is 8.63. The van der Waals surface area contributed by atoms with E-state index in [1.54, 1.807) is 20.8 Å². The van der Waals surface area contributed by atoms with Crippen LogP contribution in [0.4, 0.5) is 9.59 Å². The van der Waals surface area contributed by atoms with Gasteiger partial charge >= 0.3 is 12.2 Å². The minimum atomic E-state index is -0.752. The van der Waals surface area contributed by atoms with E-state index >= 15 is 0 Å². The summed E-state index contributed by atoms with van der Waals surface area (Å²) in [6.45, 7) is 6.34. The Hall–Kier alpha value is -3.83. The Kier molecular flexibility index (Phi) is 9.91. The zero-order valence-corrected chi connectivity index (χ0v) is 22.2. The zero-order valence-electron chi connectivity index (χ0n) is 22.2. The molecule has 1 aromatic carbocycles. The maximum atomic E-state index is 12.9. The predicted octanol–water partition coefficient (Wildman–Crippen LogP) is 1.15. The summed E-state index contributed by atoms with van der Waals surface area (Å²) in [5.74, 6) is -1.13. The van der Waals surface area contributed by atoms with E-state index in [-0.39, 0.29) is 38.1 Å². The van der Waals surface area contributed by atoms with Gasteiger partial charge in [-0.15, -0.1) is 0 Å². The molecule has 3 N–H and O–H groups in total. The highest BCUT2D eigenvalue weighted by molar-refractivity contribution is 5.94. The third-order valence-corrected chi connectivity index (χ3v) is 6.06. The van der Waals surface area contributed by atoms with Crippen LogP contribution in [0.5, 0.6) is 0 Å². The van der Waals surface area contributed by atoms with Crippen molar-refractivity contribution in [2.75, 3.05) is 32.7 Å². The third-order valence-electron chi connectivity index (χ3n) is 6.06. The molecule has 0 radical (unpaired) electrons. The fourth-order valence-corrected chi connectivity index (χ4v) is 4.25. The Morgan fingerprint density at radius 2 is 1.71 bits per heavy atom. The molecule has 0 bridgehead atoms. The van der Waals surface area contributed by atoms with Gasteiger partial charge in [0, 0.05) is 26.2 Å². The monoisotopic (exact) mass is 531 g/mol. The second kappa shape index (κ2) is 13.1. The van der Waals surface area contributed by atoms with E-state index in [4.69, 9.17) is 9.47 Å². The second-order valence-electron chi connectivity index (χ2n) is 10.3. The number of nitrogens with one attached hydrogen (secondary N) is 3. The number of likely N-dealkylation sites (tertiary alicyclic amines) is 2. The molecule has 5 amide bonds. The van der Waals surface area contributed by atoms with Crippen molar-refractivity contribution >= 4 is 29.9 Å². The van der Waals surface area contributed by atoms with Crippen LogP contribution < -0.4 is 16.0 Å². The number of rotatable bonds is 9. The molecule has 12 heteroatoms. The van der Waals surface area contributed by atoms with Crippen molar-refractivity contribution in [2.24, 2.45) is 0 Å². The first-order valence-electron chi connectivity index (χ1n) is 12.8. The molecular formula is C26H37N5O7. The molecule has 2 atom stereocenters. The van der Waals surface area contributed by atoms with Crippen molar-refractivity contribution in [3.8, 4) is 0 Å². The van der Waals surface area contributed by atoms with Crippen LogP contribution in [0.1, 0.15) is 45.6 Å². The molecule has 2 heterocycles. The van der Waals surface area contributed by atoms with Crippen molar-refractivity contribution in [3.63, 3.8) is 0 Å². The molecule has 208 valence electrons. The van der Waals surface area contributed by atoms with Crippen molar-refractivity contribution in [1.29, 1.82) is 0 Å². The highest BCUT2D eigenvalue weighted by Gasteiger charge is 2.40. The summed E-state index contributed by atoms with van der Waals surface area (Å²) in [5, 5.41) is 7.93. The SMILES string of the molecule is CC(C)(C)OC(=O)N1CCC[C@H]1C(=O)N[C@@H]1CCN(CC(=O)NCCNC(=O)OCc2ccccc2)C1=O. The van der Waals surface area contributed by atoms with Crippen LogP contribution in [0.2, 0.25) is 0 Å². The van der Waals surface area contributed by atoms with Crippen molar-refractivity contribution in [2.45, 2.75) is 64.3 Å². The molecule has 3 rings (SSSR count). The molecule has 1 aromatic rings. The van der Waals surface area contributed by atoms with E-state index in [1.165, 1.54) is 9.80 Å². The van der Waals surface area contributed by atoms with Crippen LogP contribution in [-0.4, -0.2) is 90.1 Å². The van der Waals surface area contributed by atoms with Crippen molar-refractivity contribution in [1.82, 2.24) is 25.8 Å². The maximum absolute atomic E-state index is 12.9. The molecule has 2 saturated heterocycles. The van der Waals surface area contributed by atoms with Gasteiger partial charge in [0.15, 0.2) is 0 Å². The van der Waals surface area contributed by atoms with Crippen LogP contribution in [0.25, 0.3) is 0 Å². The lowest BCUT2D eigenvalue weighted by Gasteiger charge is -2.28. The molecule has 0 unspecified atom stereocenters. The van der Waals surface area contributed by atoms with Crippen molar-refractivity contribution in [3.05, 3.63) is 35.9 Å². The predicted molar refractivity (Wildman–Crippen MR) is 137 cm³/mol. The highest BCUT2D eigenvalue weighted by atomic mass is 16.6. The fourth-order valence-electron chi connectivity index (χ4n) is 4.25. The lowest BCUT2D eigenvalue weighted by molar-refractivity contribution is -0.136. The highest BCUT2D eigenvalue weighted by Crippen LogP contribution is 2.22. The normalized spacial score (nSPS) is 19.2. The van der Waals surface area contributed by atoms with Gasteiger partial charge in [-0.05, 0) is 45.6 Å². The van der Waals surface area contributed by atoms with Gasteiger partial charge in [-0.1, -0.05) is 30.3 Å². The Morgan fingerprint density at radius 3 is 2.42 bits per heavy atom. The molecule has 2 aliphatic heterocycles. The van der Waals surface area contributed by atoms with Gasteiger partial charge in [-0.2, -0.15) is 0 Å². The summed E-state index contributed by atoms with van der Waals surface area (Å²) in [7, 11) is 0. The summed E-state index contributed by atoms with van der Waals surface area (Å²) >= 11 is 0. The molecule has 0 spiro atoms. The fraction of sp³-hybridized carbons (Fsp3) is 0.577. The maximum Gasteiger partial charge on any atom is 0.410 e. The topological polar surface area (TPSA) is 146 Å². The zero-order chi connectivity index (χ0) is 27.7. The van der Waals surface area contributed by atoms with E-state index in [1.807, 2.05) is 30.3 Å². The van der Waals surface area contributed by atoms with Crippen LogP contribution in [0.15, 0.2) is 30.3 Å². The smallest absolute Gasteiger partial charge is 0.410 e. The Balaban J connectivity index is 1.34. The largest absolute Gasteiger partial charge is 0.445 e. The number of alkyl carbamates (subject to hydrolysis) is 1. The quantitative estimate of drug-likeness (QED) is 0.405. The first-order valence-corrected chi connectivity index (χ1v) is 12.8. The van der Waals surface area contributed by atoms with Gasteiger partial charge in [-0.25, -0.2) is 9.59 Å². The number of amides is 5. The number of carbonyl (C=O) groups excluding carboxylic acids is 5. The number of ether oxygens (including phenoxy) is 2. The summed E-state index contributed by atoms with van der Waals surface area (Å²) in [4.78, 5) is 64.9. The minimum Gasteiger partial charge on any atom is -0.445 e. The lowest BCUT2D eigenvalue weighted by Crippen LogP contribution is -2.52. The Labute approximate surface area is 222 Å². The van der Waals surface area contributed by atoms with E-state index in [9.17, 15) is 24.0 Å². The van der Waals surface area contributed by atoms with Crippen LogP contribution in [0, 0.1) is 0 Å². The molecule has 0 saturated carbocycles. The molecule has 0 aliphatic carbocycles. The van der Waals surface area contributed by atoms with E-state index in [0.717, 1.165) is 5.56 Å². The van der Waals surface area contributed by atoms with Gasteiger partial charge in [0.1, 0.15) is 24.3 Å². The van der Waals surface area contributed by atoms with Crippen LogP contribution in [0.3, 0.4) is 0 Å². The van der Waals surface area contributed by atoms with Gasteiger partial charge in [0.05, 0.1) is 6.54 Å². The molecule has 38 heavy (non-hydrogen) atoms. The first kappa shape index (κ1) is 28.7. The number of carbonyl (C=O) groups is 5. The molecule has 12 nitrogen and oxygen atoms in total. The number of nitrogens with zero attached hydrogens (tertiary/aromatic N) is 2. The van der Waals surface area contributed by atoms with E-state index < -0.39 is 35.8 Å². The van der Waals surface area contributed by atoms with Gasteiger partial charge in [-0.3, -0.25) is 19.3 Å². The summed E-state index contributed by atoms with van der Waals surface area (Å²) in [5.41, 5.74) is 0.189. The van der Waals surface area contributed by atoms with E-state index in [0.29, 0.717) is 32.4 Å². The lowest BCUT2D eigenvalue weighted by atomic mass is 10.1. The second-order valence-corrected chi connectivity index (χ2v) is 10.3. The standard InChI is InChI=1S/C26H37N5O7/c1-26(2,3)38-25(36)31-14-7-10-20(31)22(33)29-19-11-15-30(23(19)34)16-21(32)27-12-13-28-24(35)37-17-18-8-5-4-6-9-18/h4-6,8-9,19-20H,7,10-17H2,1-3H3,(H,27,32)(H,28,35)(H,29,33)/t19-,20+/m1/s1. The summed E-state index contributed by atoms with van der Waals surface area (Å²) < 4.78 is 10.5. The minimum absolute atomic E-state index is 0.146. The Bertz CT molecular complexity index is 1010. The Morgan fingerprint density at radius 1 is 1.00 bits per heavy atom. The van der Waals surface area contributed by atoms with Gasteiger partial charge < -0.3 is 30.3 Å². The molecule has 2 aliphatic rings. The summed E-state index contributed by atoms with van der Waals surface area (Å²) in [6, 6.07) is 7.81. The average molecular weight is 532 g/mol. The van der Waals surface area contributed by atoms with Crippen LogP contribution >= 0.6 is 0 Å². The number of hydrogen-bond acceptors (Lipinski definition) is 7. The van der Waals surface area contributed by atoms with Gasteiger partial charge in [0.2, 0.25) is 17.7 Å². The van der Waals surface area contributed by atoms with Crippen LogP contribution in [-0.2, 0) is 30.5 Å². The van der Waals surface area contributed by atoms with Gasteiger partial charge in [0.25, 0.3) is 0 Å². The first-order chi connectivity index (χ1) is 18.0.